The molecule has 5 N–H and O–H groups in total. The molecule has 6 atom stereocenters. The number of carbonyl (C=O) groups excluding carboxylic acids is 8. The Balaban J connectivity index is 1.71. The maximum absolute atomic E-state index is 15.1. The Bertz CT molecular complexity index is 2050. The van der Waals surface area contributed by atoms with E-state index in [9.17, 15) is 46.7 Å². The number of nitrogens with zero attached hydrogens (tertiary/aromatic N) is 3. The standard InChI is InChI=1S/C50H76ClF3N8O9/c1-9-24-62-40(28-34-27-35(51)19-20-41(34)71-29-33-17-18-33)44(66)56-31(5)45(67)60(7)25-14-12-16-39(43(65)58-38(47(62)69)26-30(3)4)61(8)46(68)37(15-11-13-23-55-32(6)63)57-42(64)36(10-2)59-48(70)49(21-22-49)50(52,53)54/h19-20,27,30-31,33,36-40H,9-18,21-26,28-29H2,1-8H3,(H,55,63)(H,56,66)(H,57,64)(H,58,65)(H,59,70)/t31-,36+,37+,38+,39+,40+/m1/s1. The van der Waals surface area contributed by atoms with Crippen LogP contribution in [0, 0.1) is 17.3 Å². The van der Waals surface area contributed by atoms with Crippen molar-refractivity contribution < 1.29 is 56.3 Å². The molecule has 3 fully saturated rings. The molecule has 2 aliphatic carbocycles. The fourth-order valence-electron chi connectivity index (χ4n) is 8.79. The molecule has 4 rings (SSSR count). The van der Waals surface area contributed by atoms with Crippen molar-refractivity contribution in [1.82, 2.24) is 41.3 Å². The van der Waals surface area contributed by atoms with Crippen LogP contribution in [0.25, 0.3) is 0 Å². The number of hydrogen-bond acceptors (Lipinski definition) is 9. The minimum atomic E-state index is -4.82. The third kappa shape index (κ3) is 16.7. The van der Waals surface area contributed by atoms with Crippen LogP contribution in [0.1, 0.15) is 131 Å². The minimum absolute atomic E-state index is 0.00531. The fourth-order valence-corrected chi connectivity index (χ4v) is 8.99. The van der Waals surface area contributed by atoms with Gasteiger partial charge in [-0.2, -0.15) is 13.2 Å². The smallest absolute Gasteiger partial charge is 0.403 e. The molecule has 1 saturated heterocycles. The predicted octanol–water partition coefficient (Wildman–Crippen LogP) is 4.81. The van der Waals surface area contributed by atoms with Crippen LogP contribution in [0.5, 0.6) is 5.75 Å². The molecular weight excluding hydrogens is 949 g/mol. The van der Waals surface area contributed by atoms with E-state index in [0.29, 0.717) is 54.5 Å². The molecule has 398 valence electrons. The number of amides is 8. The topological polar surface area (TPSA) is 216 Å². The normalized spacial score (nSPS) is 22.2. The van der Waals surface area contributed by atoms with Gasteiger partial charge in [0.2, 0.25) is 47.3 Å². The van der Waals surface area contributed by atoms with Crippen molar-refractivity contribution in [2.45, 2.75) is 174 Å². The lowest BCUT2D eigenvalue weighted by molar-refractivity contribution is -0.193. The van der Waals surface area contributed by atoms with Gasteiger partial charge in [0, 0.05) is 52.1 Å². The van der Waals surface area contributed by atoms with Gasteiger partial charge in [-0.25, -0.2) is 0 Å². The highest BCUT2D eigenvalue weighted by Crippen LogP contribution is 2.57. The van der Waals surface area contributed by atoms with Crippen molar-refractivity contribution >= 4 is 58.9 Å². The Hall–Kier alpha value is -5.14. The van der Waals surface area contributed by atoms with Crippen LogP contribution in [-0.2, 0) is 44.8 Å². The van der Waals surface area contributed by atoms with E-state index < -0.39 is 102 Å². The molecule has 1 aromatic rings. The van der Waals surface area contributed by atoms with Gasteiger partial charge in [0.1, 0.15) is 47.4 Å². The predicted molar refractivity (Wildman–Crippen MR) is 261 cm³/mol. The number of unbranched alkanes of at least 4 members (excludes halogenated alkanes) is 1. The Labute approximate surface area is 421 Å². The van der Waals surface area contributed by atoms with E-state index >= 15 is 4.79 Å². The van der Waals surface area contributed by atoms with E-state index in [0.717, 1.165) is 12.8 Å². The third-order valence-corrected chi connectivity index (χ3v) is 13.7. The Morgan fingerprint density at radius 2 is 1.65 bits per heavy atom. The van der Waals surface area contributed by atoms with Crippen molar-refractivity contribution in [3.8, 4) is 5.75 Å². The molecule has 21 heteroatoms. The molecule has 0 spiro atoms. The third-order valence-electron chi connectivity index (χ3n) is 13.5. The van der Waals surface area contributed by atoms with Crippen molar-refractivity contribution in [2.75, 3.05) is 40.3 Å². The second-order valence-corrected chi connectivity index (χ2v) is 20.4. The van der Waals surface area contributed by atoms with E-state index in [-0.39, 0.29) is 70.0 Å². The minimum Gasteiger partial charge on any atom is -0.493 e. The molecule has 1 aliphatic heterocycles. The highest BCUT2D eigenvalue weighted by molar-refractivity contribution is 6.30. The zero-order valence-corrected chi connectivity index (χ0v) is 43.4. The van der Waals surface area contributed by atoms with Gasteiger partial charge in [-0.05, 0) is 126 Å². The van der Waals surface area contributed by atoms with Crippen LogP contribution < -0.4 is 31.3 Å². The second kappa shape index (κ2) is 26.5. The number of likely N-dealkylation sites (N-methyl/N-ethyl adjacent to an activating group) is 2. The highest BCUT2D eigenvalue weighted by Gasteiger charge is 2.68. The SMILES string of the molecule is CCCN1C(=O)[C@H](CC(C)C)NC(=O)[C@@H](N(C)C(=O)[C@H](CCCCNC(C)=O)NC(=O)[C@H](CC)NC(=O)C2(C(F)(F)F)CC2)CCCCN(C)C(=O)[C@@H](C)NC(=O)[C@@H]1Cc1cc(Cl)ccc1OCC1CC1. The maximum atomic E-state index is 15.1. The van der Waals surface area contributed by atoms with Crippen LogP contribution in [0.3, 0.4) is 0 Å². The monoisotopic (exact) mass is 1020 g/mol. The van der Waals surface area contributed by atoms with Gasteiger partial charge in [-0.15, -0.1) is 0 Å². The zero-order valence-electron chi connectivity index (χ0n) is 42.6. The molecular formula is C50H76ClF3N8O9. The quantitative estimate of drug-likeness (QED) is 0.107. The van der Waals surface area contributed by atoms with Crippen molar-refractivity contribution in [2.24, 2.45) is 17.3 Å². The number of benzene rings is 1. The van der Waals surface area contributed by atoms with Gasteiger partial charge < -0.3 is 46.0 Å². The summed E-state index contributed by atoms with van der Waals surface area (Å²) >= 11 is 6.51. The maximum Gasteiger partial charge on any atom is 0.403 e. The van der Waals surface area contributed by atoms with Crippen LogP contribution in [0.2, 0.25) is 5.02 Å². The molecule has 8 amide bonds. The Morgan fingerprint density at radius 1 is 0.958 bits per heavy atom. The molecule has 3 aliphatic rings. The lowest BCUT2D eigenvalue weighted by Crippen LogP contribution is -2.61. The van der Waals surface area contributed by atoms with Crippen LogP contribution in [-0.4, -0.2) is 145 Å². The molecule has 71 heavy (non-hydrogen) atoms. The summed E-state index contributed by atoms with van der Waals surface area (Å²) in [6, 6.07) is -2.27. The number of halogens is 4. The first-order chi connectivity index (χ1) is 33.4. The summed E-state index contributed by atoms with van der Waals surface area (Å²) in [5.41, 5.74) is -2.02. The van der Waals surface area contributed by atoms with E-state index in [1.165, 1.54) is 35.6 Å². The summed E-state index contributed by atoms with van der Waals surface area (Å²) in [7, 11) is 2.97. The summed E-state index contributed by atoms with van der Waals surface area (Å²) in [5.74, 6) is -4.70. The van der Waals surface area contributed by atoms with Crippen molar-refractivity contribution in [3.05, 3.63) is 28.8 Å². The lowest BCUT2D eigenvalue weighted by atomic mass is 9.97. The summed E-state index contributed by atoms with van der Waals surface area (Å²) in [4.78, 5) is 115. The molecule has 0 aromatic heterocycles. The number of nitrogens with one attached hydrogen (secondary N) is 5. The lowest BCUT2D eigenvalue weighted by Gasteiger charge is -2.37. The van der Waals surface area contributed by atoms with Crippen LogP contribution >= 0.6 is 11.6 Å². The van der Waals surface area contributed by atoms with E-state index in [1.807, 2.05) is 20.8 Å². The summed E-state index contributed by atoms with van der Waals surface area (Å²) in [5, 5.41) is 13.7. The van der Waals surface area contributed by atoms with Crippen LogP contribution in [0.15, 0.2) is 18.2 Å². The first-order valence-electron chi connectivity index (χ1n) is 25.2. The zero-order chi connectivity index (χ0) is 52.8. The number of rotatable bonds is 21. The molecule has 1 heterocycles. The molecule has 0 radical (unpaired) electrons. The molecule has 2 saturated carbocycles. The average molecular weight is 1030 g/mol. The molecule has 0 unspecified atom stereocenters. The van der Waals surface area contributed by atoms with Gasteiger partial charge in [0.25, 0.3) is 0 Å². The first-order valence-corrected chi connectivity index (χ1v) is 25.6. The number of alkyl halides is 3. The van der Waals surface area contributed by atoms with Crippen molar-refractivity contribution in [3.63, 3.8) is 0 Å². The summed E-state index contributed by atoms with van der Waals surface area (Å²) < 4.78 is 47.7. The first kappa shape index (κ1) is 58.4. The Kier molecular flexibility index (Phi) is 21.8. The van der Waals surface area contributed by atoms with E-state index in [4.69, 9.17) is 16.3 Å². The van der Waals surface area contributed by atoms with E-state index in [1.54, 1.807) is 32.2 Å². The summed E-state index contributed by atoms with van der Waals surface area (Å²) in [6.45, 7) is 11.1. The van der Waals surface area contributed by atoms with Gasteiger partial charge >= 0.3 is 6.18 Å². The number of ether oxygens (including phenoxy) is 1. The number of carbonyl (C=O) groups is 8. The molecule has 17 nitrogen and oxygen atoms in total. The fraction of sp³-hybridized carbons (Fsp3) is 0.720. The average Bonchev–Trinajstić information content (AvgIpc) is 4.25. The number of hydrogen-bond donors (Lipinski definition) is 5. The summed E-state index contributed by atoms with van der Waals surface area (Å²) in [6.07, 6.45) is -1.73. The van der Waals surface area contributed by atoms with E-state index in [2.05, 4.69) is 26.6 Å². The van der Waals surface area contributed by atoms with Crippen LogP contribution in [0.4, 0.5) is 13.2 Å². The highest BCUT2D eigenvalue weighted by atomic mass is 35.5. The molecule has 1 aromatic carbocycles. The van der Waals surface area contributed by atoms with Gasteiger partial charge in [0.15, 0.2) is 0 Å². The second-order valence-electron chi connectivity index (χ2n) is 20.0. The Morgan fingerprint density at radius 3 is 2.24 bits per heavy atom. The van der Waals surface area contributed by atoms with Gasteiger partial charge in [0.05, 0.1) is 6.61 Å². The largest absolute Gasteiger partial charge is 0.493 e. The van der Waals surface area contributed by atoms with Gasteiger partial charge in [-0.1, -0.05) is 39.3 Å². The van der Waals surface area contributed by atoms with Crippen molar-refractivity contribution in [1.29, 1.82) is 0 Å². The van der Waals surface area contributed by atoms with Gasteiger partial charge in [-0.3, -0.25) is 38.4 Å². The molecule has 0 bridgehead atoms.